The van der Waals surface area contributed by atoms with Crippen molar-refractivity contribution < 1.29 is 19.4 Å². The van der Waals surface area contributed by atoms with E-state index in [0.717, 1.165) is 32.9 Å². The van der Waals surface area contributed by atoms with Crippen LogP contribution in [-0.4, -0.2) is 32.7 Å². The Bertz CT molecular complexity index is 1590. The second kappa shape index (κ2) is 9.64. The van der Waals surface area contributed by atoms with Gasteiger partial charge in [0.2, 0.25) is 0 Å². The third-order valence-corrected chi connectivity index (χ3v) is 7.33. The van der Waals surface area contributed by atoms with E-state index in [1.54, 1.807) is 37.6 Å². The van der Waals surface area contributed by atoms with E-state index in [1.165, 1.54) is 24.5 Å². The van der Waals surface area contributed by atoms with Gasteiger partial charge in [-0.2, -0.15) is 0 Å². The van der Waals surface area contributed by atoms with Crippen molar-refractivity contribution in [3.63, 3.8) is 0 Å². The number of benzene rings is 2. The summed E-state index contributed by atoms with van der Waals surface area (Å²) in [6, 6.07) is 16.8. The number of esters is 1. The van der Waals surface area contributed by atoms with Crippen LogP contribution in [0.25, 0.3) is 27.2 Å². The minimum absolute atomic E-state index is 0.0324. The van der Waals surface area contributed by atoms with E-state index in [2.05, 4.69) is 9.97 Å². The molecule has 0 fully saturated rings. The van der Waals surface area contributed by atoms with Crippen LogP contribution in [-0.2, 0) is 4.74 Å². The van der Waals surface area contributed by atoms with Crippen LogP contribution in [0, 0.1) is 6.92 Å². The Labute approximate surface area is 216 Å². The molecule has 182 valence electrons. The predicted octanol–water partition coefficient (Wildman–Crippen LogP) is 6.74. The molecule has 9 heteroatoms. The fourth-order valence-corrected chi connectivity index (χ4v) is 5.27. The summed E-state index contributed by atoms with van der Waals surface area (Å²) >= 11 is 7.51. The van der Waals surface area contributed by atoms with Crippen molar-refractivity contribution in [2.24, 2.45) is 0 Å². The average Bonchev–Trinajstić information content (AvgIpc) is 3.48. The van der Waals surface area contributed by atoms with Crippen LogP contribution < -0.4 is 4.74 Å². The van der Waals surface area contributed by atoms with Gasteiger partial charge in [-0.1, -0.05) is 29.8 Å². The van der Waals surface area contributed by atoms with E-state index in [9.17, 15) is 9.90 Å². The smallest absolute Gasteiger partial charge is 0.351 e. The van der Waals surface area contributed by atoms with Gasteiger partial charge in [-0.3, -0.25) is 9.55 Å². The first kappa shape index (κ1) is 23.8. The SMILES string of the molecule is COC(=O)c1sc(-n2cnc3cc(-c4ccnc(C)c4)ccc32)cc1O[C@H](C)c1cccc(O)c1Cl. The lowest BCUT2D eigenvalue weighted by Crippen LogP contribution is -2.07. The summed E-state index contributed by atoms with van der Waals surface area (Å²) in [6.45, 7) is 3.76. The van der Waals surface area contributed by atoms with E-state index < -0.39 is 12.1 Å². The first-order valence-electron chi connectivity index (χ1n) is 11.1. The molecule has 36 heavy (non-hydrogen) atoms. The lowest BCUT2D eigenvalue weighted by atomic mass is 10.1. The van der Waals surface area contributed by atoms with E-state index in [-0.39, 0.29) is 10.8 Å². The van der Waals surface area contributed by atoms with Gasteiger partial charge in [-0.05, 0) is 55.3 Å². The topological polar surface area (TPSA) is 86.5 Å². The number of thiophene rings is 1. The van der Waals surface area contributed by atoms with Crippen LogP contribution in [0.1, 0.15) is 34.0 Å². The Kier molecular flexibility index (Phi) is 6.38. The van der Waals surface area contributed by atoms with Gasteiger partial charge in [0.1, 0.15) is 28.9 Å². The summed E-state index contributed by atoms with van der Waals surface area (Å²) in [5, 5.41) is 10.9. The Morgan fingerprint density at radius 1 is 1.11 bits per heavy atom. The Balaban J connectivity index is 1.52. The number of fused-ring (bicyclic) bond motifs is 1. The summed E-state index contributed by atoms with van der Waals surface area (Å²) in [6.07, 6.45) is 2.99. The third kappa shape index (κ3) is 4.41. The number of halogens is 1. The van der Waals surface area contributed by atoms with Crippen molar-refractivity contribution in [2.45, 2.75) is 20.0 Å². The molecule has 0 radical (unpaired) electrons. The standard InChI is InChI=1S/C27H22ClN3O4S/c1-15-11-18(9-10-29-15)17-7-8-21-20(12-17)30-14-31(21)24-13-23(26(36-24)27(33)34-3)35-16(2)19-5-4-6-22(32)25(19)28/h4-14,16,32H,1-3H3/t16-/m1/s1. The maximum absolute atomic E-state index is 12.6. The highest BCUT2D eigenvalue weighted by atomic mass is 35.5. The first-order chi connectivity index (χ1) is 17.4. The van der Waals surface area contributed by atoms with E-state index >= 15 is 0 Å². The summed E-state index contributed by atoms with van der Waals surface area (Å²) < 4.78 is 13.0. The molecule has 0 unspecified atom stereocenters. The number of pyridine rings is 1. The average molecular weight is 520 g/mol. The molecule has 0 aliphatic carbocycles. The normalized spacial score (nSPS) is 12.0. The molecular weight excluding hydrogens is 498 g/mol. The van der Waals surface area contributed by atoms with E-state index in [0.29, 0.717) is 16.2 Å². The number of hydrogen-bond donors (Lipinski definition) is 1. The van der Waals surface area contributed by atoms with Crippen LogP contribution in [0.3, 0.4) is 0 Å². The number of aromatic hydroxyl groups is 1. The maximum atomic E-state index is 12.6. The molecule has 0 bridgehead atoms. The molecule has 3 aromatic heterocycles. The van der Waals surface area contributed by atoms with Gasteiger partial charge < -0.3 is 14.6 Å². The van der Waals surface area contributed by atoms with Crippen molar-refractivity contribution >= 4 is 39.9 Å². The summed E-state index contributed by atoms with van der Waals surface area (Å²) in [5.74, 6) is -0.176. The van der Waals surface area contributed by atoms with Crippen LogP contribution in [0.4, 0.5) is 0 Å². The zero-order valence-corrected chi connectivity index (χ0v) is 21.3. The molecule has 0 amide bonds. The summed E-state index contributed by atoms with van der Waals surface area (Å²) in [5.41, 5.74) is 5.36. The molecule has 0 spiro atoms. The second-order valence-corrected chi connectivity index (χ2v) is 9.62. The molecule has 0 saturated heterocycles. The number of carbonyl (C=O) groups is 1. The quantitative estimate of drug-likeness (QED) is 0.250. The number of aromatic nitrogens is 3. The van der Waals surface area contributed by atoms with E-state index in [1.807, 2.05) is 41.8 Å². The van der Waals surface area contributed by atoms with Gasteiger partial charge in [0.15, 0.2) is 4.88 Å². The third-order valence-electron chi connectivity index (χ3n) is 5.82. The fraction of sp³-hybridized carbons (Fsp3) is 0.148. The Hall–Kier alpha value is -3.88. The highest BCUT2D eigenvalue weighted by molar-refractivity contribution is 7.16. The fourth-order valence-electron chi connectivity index (χ4n) is 4.00. The molecule has 2 aromatic carbocycles. The lowest BCUT2D eigenvalue weighted by Gasteiger charge is -2.16. The van der Waals surface area contributed by atoms with Crippen LogP contribution in [0.5, 0.6) is 11.5 Å². The van der Waals surface area contributed by atoms with Gasteiger partial charge in [0, 0.05) is 23.5 Å². The number of phenolic OH excluding ortho intramolecular Hbond substituents is 1. The number of aryl methyl sites for hydroxylation is 1. The van der Waals surface area contributed by atoms with Crippen molar-refractivity contribution in [3.8, 4) is 27.6 Å². The van der Waals surface area contributed by atoms with Crippen molar-refractivity contribution in [3.05, 3.63) is 88.3 Å². The van der Waals surface area contributed by atoms with Gasteiger partial charge >= 0.3 is 5.97 Å². The number of nitrogens with zero attached hydrogens (tertiary/aromatic N) is 3. The van der Waals surface area contributed by atoms with Gasteiger partial charge in [0.25, 0.3) is 0 Å². The maximum Gasteiger partial charge on any atom is 0.351 e. The predicted molar refractivity (Wildman–Crippen MR) is 140 cm³/mol. The summed E-state index contributed by atoms with van der Waals surface area (Å²) in [7, 11) is 1.33. The van der Waals surface area contributed by atoms with Crippen LogP contribution in [0.2, 0.25) is 5.02 Å². The van der Waals surface area contributed by atoms with Crippen molar-refractivity contribution in [1.29, 1.82) is 0 Å². The molecule has 0 aliphatic heterocycles. The van der Waals surface area contributed by atoms with E-state index in [4.69, 9.17) is 21.1 Å². The molecule has 1 atom stereocenters. The number of imidazole rings is 1. The Morgan fingerprint density at radius 3 is 2.69 bits per heavy atom. The minimum Gasteiger partial charge on any atom is -0.506 e. The highest BCUT2D eigenvalue weighted by Crippen LogP contribution is 2.39. The van der Waals surface area contributed by atoms with Gasteiger partial charge in [-0.15, -0.1) is 11.3 Å². The molecule has 5 aromatic rings. The molecule has 0 saturated carbocycles. The molecule has 3 heterocycles. The number of carbonyl (C=O) groups excluding carboxylic acids is 1. The first-order valence-corrected chi connectivity index (χ1v) is 12.3. The number of methoxy groups -OCH3 is 1. The number of rotatable bonds is 6. The molecular formula is C27H22ClN3O4S. The second-order valence-electron chi connectivity index (χ2n) is 8.21. The Morgan fingerprint density at radius 2 is 1.92 bits per heavy atom. The minimum atomic E-state index is -0.527. The number of phenols is 1. The number of ether oxygens (including phenoxy) is 2. The molecule has 1 N–H and O–H groups in total. The van der Waals surface area contributed by atoms with Crippen molar-refractivity contribution in [2.75, 3.05) is 7.11 Å². The zero-order chi connectivity index (χ0) is 25.4. The monoisotopic (exact) mass is 519 g/mol. The summed E-state index contributed by atoms with van der Waals surface area (Å²) in [4.78, 5) is 21.7. The van der Waals surface area contributed by atoms with Crippen LogP contribution in [0.15, 0.2) is 67.1 Å². The van der Waals surface area contributed by atoms with Gasteiger partial charge in [-0.25, -0.2) is 9.78 Å². The molecule has 5 rings (SSSR count). The highest BCUT2D eigenvalue weighted by Gasteiger charge is 2.23. The lowest BCUT2D eigenvalue weighted by molar-refractivity contribution is 0.0600. The zero-order valence-electron chi connectivity index (χ0n) is 19.7. The molecule has 0 aliphatic rings. The number of hydrogen-bond acceptors (Lipinski definition) is 7. The van der Waals surface area contributed by atoms with Crippen molar-refractivity contribution in [1.82, 2.24) is 14.5 Å². The van der Waals surface area contributed by atoms with Gasteiger partial charge in [0.05, 0.1) is 23.2 Å². The largest absolute Gasteiger partial charge is 0.506 e. The molecule has 7 nitrogen and oxygen atoms in total. The van der Waals surface area contributed by atoms with Crippen LogP contribution >= 0.6 is 22.9 Å².